The van der Waals surface area contributed by atoms with Crippen LogP contribution in [0, 0.1) is 0 Å². The maximum Gasteiger partial charge on any atom is 0.406 e. The molecule has 5 nitrogen and oxygen atoms in total. The van der Waals surface area contributed by atoms with E-state index in [0.29, 0.717) is 18.4 Å². The van der Waals surface area contributed by atoms with Gasteiger partial charge in [0.25, 0.3) is 0 Å². The fraction of sp³-hybridized carbons (Fsp3) is 0.812. The lowest BCUT2D eigenvalue weighted by Gasteiger charge is -2.39. The fourth-order valence-electron chi connectivity index (χ4n) is 3.57. The molecule has 136 valence electrons. The van der Waals surface area contributed by atoms with Crippen molar-refractivity contribution in [3.63, 3.8) is 0 Å². The lowest BCUT2D eigenvalue weighted by Crippen LogP contribution is -2.49. The second kappa shape index (κ2) is 7.84. The Morgan fingerprint density at radius 1 is 1.17 bits per heavy atom. The normalized spacial score (nSPS) is 24.4. The smallest absolute Gasteiger partial charge is 0.379 e. The van der Waals surface area contributed by atoms with Crippen LogP contribution in [0.2, 0.25) is 0 Å². The molecule has 0 saturated carbocycles. The highest BCUT2D eigenvalue weighted by Crippen LogP contribution is 2.22. The lowest BCUT2D eigenvalue weighted by atomic mass is 10.0. The van der Waals surface area contributed by atoms with Crippen molar-refractivity contribution in [3.05, 3.63) is 18.2 Å². The summed E-state index contributed by atoms with van der Waals surface area (Å²) in [7, 11) is 0. The van der Waals surface area contributed by atoms with E-state index >= 15 is 0 Å². The van der Waals surface area contributed by atoms with E-state index in [4.69, 9.17) is 4.74 Å². The van der Waals surface area contributed by atoms with Crippen LogP contribution in [0.25, 0.3) is 0 Å². The fourth-order valence-corrected chi connectivity index (χ4v) is 3.57. The van der Waals surface area contributed by atoms with Gasteiger partial charge in [0.05, 0.1) is 19.8 Å². The predicted octanol–water partition coefficient (Wildman–Crippen LogP) is 2.13. The van der Waals surface area contributed by atoms with Crippen LogP contribution in [-0.2, 0) is 17.8 Å². The molecule has 1 aromatic heterocycles. The van der Waals surface area contributed by atoms with Crippen molar-refractivity contribution < 1.29 is 17.9 Å². The zero-order valence-corrected chi connectivity index (χ0v) is 13.8. The van der Waals surface area contributed by atoms with E-state index in [1.807, 2.05) is 0 Å². The Balaban J connectivity index is 1.62. The average Bonchev–Trinajstić information content (AvgIpc) is 2.95. The van der Waals surface area contributed by atoms with Gasteiger partial charge in [0, 0.05) is 38.1 Å². The number of hydrogen-bond acceptors (Lipinski definition) is 4. The van der Waals surface area contributed by atoms with Crippen LogP contribution in [0.5, 0.6) is 0 Å². The van der Waals surface area contributed by atoms with Crippen molar-refractivity contribution in [2.75, 3.05) is 39.4 Å². The minimum absolute atomic E-state index is 0.382. The predicted molar refractivity (Wildman–Crippen MR) is 83.6 cm³/mol. The Labute approximate surface area is 140 Å². The maximum atomic E-state index is 12.7. The van der Waals surface area contributed by atoms with E-state index in [2.05, 4.69) is 14.8 Å². The number of aromatic nitrogens is 2. The van der Waals surface area contributed by atoms with Gasteiger partial charge < -0.3 is 9.30 Å². The summed E-state index contributed by atoms with van der Waals surface area (Å²) in [6.45, 7) is 4.81. The minimum Gasteiger partial charge on any atom is -0.379 e. The first-order chi connectivity index (χ1) is 11.5. The molecule has 0 aliphatic carbocycles. The zero-order valence-electron chi connectivity index (χ0n) is 13.8. The molecular formula is C16H25F3N4O. The summed E-state index contributed by atoms with van der Waals surface area (Å²) in [4.78, 5) is 8.86. The molecule has 3 heterocycles. The topological polar surface area (TPSA) is 33.5 Å². The molecule has 0 radical (unpaired) electrons. The number of morpholine rings is 1. The Kier molecular flexibility index (Phi) is 5.78. The maximum absolute atomic E-state index is 12.7. The van der Waals surface area contributed by atoms with Crippen LogP contribution in [0.15, 0.2) is 12.4 Å². The summed E-state index contributed by atoms with van der Waals surface area (Å²) < 4.78 is 44.7. The average molecular weight is 346 g/mol. The molecule has 1 aromatic rings. The van der Waals surface area contributed by atoms with Crippen molar-refractivity contribution in [1.82, 2.24) is 19.4 Å². The van der Waals surface area contributed by atoms with Gasteiger partial charge in [0.15, 0.2) is 0 Å². The van der Waals surface area contributed by atoms with E-state index in [0.717, 1.165) is 52.2 Å². The molecule has 2 aliphatic rings. The molecular weight excluding hydrogens is 321 g/mol. The molecule has 1 atom stereocenters. The SMILES string of the molecule is FC(F)(F)Cn1ccnc1CN1CCCC[C@H]1CN1CCOCC1. The highest BCUT2D eigenvalue weighted by atomic mass is 19.4. The third kappa shape index (κ3) is 4.94. The summed E-state index contributed by atoms with van der Waals surface area (Å²) in [5, 5.41) is 0. The first-order valence-electron chi connectivity index (χ1n) is 8.62. The number of rotatable bonds is 5. The lowest BCUT2D eigenvalue weighted by molar-refractivity contribution is -0.141. The number of nitrogens with zero attached hydrogens (tertiary/aromatic N) is 4. The van der Waals surface area contributed by atoms with E-state index in [1.54, 1.807) is 0 Å². The Morgan fingerprint density at radius 2 is 1.96 bits per heavy atom. The largest absolute Gasteiger partial charge is 0.406 e. The molecule has 2 saturated heterocycles. The van der Waals surface area contributed by atoms with E-state index < -0.39 is 12.7 Å². The molecule has 3 rings (SSSR count). The highest BCUT2D eigenvalue weighted by molar-refractivity contribution is 4.95. The number of ether oxygens (including phenoxy) is 1. The van der Waals surface area contributed by atoms with Crippen molar-refractivity contribution in [1.29, 1.82) is 0 Å². The summed E-state index contributed by atoms with van der Waals surface area (Å²) in [6, 6.07) is 0.382. The molecule has 0 unspecified atom stereocenters. The number of alkyl halides is 3. The molecule has 0 spiro atoms. The number of piperidine rings is 1. The molecule has 2 aliphatic heterocycles. The van der Waals surface area contributed by atoms with Gasteiger partial charge in [0.2, 0.25) is 0 Å². The van der Waals surface area contributed by atoms with E-state index in [1.165, 1.54) is 23.4 Å². The monoisotopic (exact) mass is 346 g/mol. The number of imidazole rings is 1. The van der Waals surface area contributed by atoms with Gasteiger partial charge in [0.1, 0.15) is 12.4 Å². The van der Waals surface area contributed by atoms with Gasteiger partial charge >= 0.3 is 6.18 Å². The first-order valence-corrected chi connectivity index (χ1v) is 8.62. The quantitative estimate of drug-likeness (QED) is 0.818. The summed E-state index contributed by atoms with van der Waals surface area (Å²) >= 11 is 0. The second-order valence-electron chi connectivity index (χ2n) is 6.62. The van der Waals surface area contributed by atoms with Gasteiger partial charge in [-0.1, -0.05) is 6.42 Å². The zero-order chi connectivity index (χ0) is 17.0. The third-order valence-electron chi connectivity index (χ3n) is 4.82. The van der Waals surface area contributed by atoms with Crippen LogP contribution < -0.4 is 0 Å². The summed E-state index contributed by atoms with van der Waals surface area (Å²) in [5.41, 5.74) is 0. The van der Waals surface area contributed by atoms with Crippen molar-refractivity contribution in [2.24, 2.45) is 0 Å². The van der Waals surface area contributed by atoms with Gasteiger partial charge in [-0.25, -0.2) is 4.98 Å². The summed E-state index contributed by atoms with van der Waals surface area (Å²) in [6.07, 6.45) is 2.04. The van der Waals surface area contributed by atoms with Crippen LogP contribution >= 0.6 is 0 Å². The molecule has 0 bridgehead atoms. The van der Waals surface area contributed by atoms with E-state index in [-0.39, 0.29) is 0 Å². The molecule has 8 heteroatoms. The number of halogens is 3. The van der Waals surface area contributed by atoms with Crippen molar-refractivity contribution in [2.45, 2.75) is 44.6 Å². The Bertz CT molecular complexity index is 514. The van der Waals surface area contributed by atoms with E-state index in [9.17, 15) is 13.2 Å². The van der Waals surface area contributed by atoms with Gasteiger partial charge in [-0.2, -0.15) is 13.2 Å². The van der Waals surface area contributed by atoms with Crippen LogP contribution in [0.1, 0.15) is 25.1 Å². The molecule has 24 heavy (non-hydrogen) atoms. The van der Waals surface area contributed by atoms with Crippen molar-refractivity contribution in [3.8, 4) is 0 Å². The number of hydrogen-bond donors (Lipinski definition) is 0. The van der Waals surface area contributed by atoms with Gasteiger partial charge in [-0.3, -0.25) is 9.80 Å². The minimum atomic E-state index is -4.22. The first kappa shape index (κ1) is 17.7. The Hall–Kier alpha value is -1.12. The Morgan fingerprint density at radius 3 is 2.71 bits per heavy atom. The van der Waals surface area contributed by atoms with Gasteiger partial charge in [-0.15, -0.1) is 0 Å². The van der Waals surface area contributed by atoms with Gasteiger partial charge in [-0.05, 0) is 19.4 Å². The molecule has 0 aromatic carbocycles. The van der Waals surface area contributed by atoms with Crippen molar-refractivity contribution >= 4 is 0 Å². The summed E-state index contributed by atoms with van der Waals surface area (Å²) in [5.74, 6) is 0.501. The number of likely N-dealkylation sites (tertiary alicyclic amines) is 1. The molecule has 0 amide bonds. The molecule has 2 fully saturated rings. The second-order valence-corrected chi connectivity index (χ2v) is 6.62. The molecule has 0 N–H and O–H groups in total. The van der Waals surface area contributed by atoms with Crippen LogP contribution in [0.3, 0.4) is 0 Å². The standard InChI is InChI=1S/C16H25F3N4O/c17-16(18,19)13-23-6-4-20-15(23)12-22-5-2-1-3-14(22)11-21-7-9-24-10-8-21/h4,6,14H,1-3,5,7-13H2/t14-/m0/s1. The highest BCUT2D eigenvalue weighted by Gasteiger charge is 2.30. The van der Waals surface area contributed by atoms with Crippen LogP contribution in [-0.4, -0.2) is 71.0 Å². The third-order valence-corrected chi connectivity index (χ3v) is 4.82. The van der Waals surface area contributed by atoms with Crippen LogP contribution in [0.4, 0.5) is 13.2 Å².